The van der Waals surface area contributed by atoms with Crippen LogP contribution in [-0.2, 0) is 11.4 Å². The lowest BCUT2D eigenvalue weighted by Crippen LogP contribution is -1.98. The van der Waals surface area contributed by atoms with Crippen molar-refractivity contribution >= 4 is 0 Å². The van der Waals surface area contributed by atoms with Crippen molar-refractivity contribution in [3.8, 4) is 0 Å². The molecule has 1 aromatic heterocycles. The van der Waals surface area contributed by atoms with Gasteiger partial charge in [-0.1, -0.05) is 0 Å². The zero-order chi connectivity index (χ0) is 7.56. The van der Waals surface area contributed by atoms with Crippen molar-refractivity contribution in [1.29, 1.82) is 0 Å². The highest BCUT2D eigenvalue weighted by atomic mass is 16.6. The Morgan fingerprint density at radius 3 is 2.70 bits per heavy atom. The van der Waals surface area contributed by atoms with Gasteiger partial charge in [0.2, 0.25) is 0 Å². The predicted octanol–water partition coefficient (Wildman–Crippen LogP) is 0.682. The van der Waals surface area contributed by atoms with Crippen LogP contribution in [0, 0.1) is 13.8 Å². The second-order valence-corrected chi connectivity index (χ2v) is 2.05. The summed E-state index contributed by atoms with van der Waals surface area (Å²) < 4.78 is 5.14. The van der Waals surface area contributed by atoms with E-state index >= 15 is 0 Å². The summed E-state index contributed by atoms with van der Waals surface area (Å²) in [7, 11) is 0. The molecule has 0 fully saturated rings. The standard InChI is InChI=1S/C6H10N2O2/c1-4-6(3-9-7)10-5(2)8-4/h3,7H2,1-2H3. The lowest BCUT2D eigenvalue weighted by molar-refractivity contribution is 0.107. The number of hydrogen-bond acceptors (Lipinski definition) is 4. The number of nitrogens with zero attached hydrogens (tertiary/aromatic N) is 1. The van der Waals surface area contributed by atoms with Crippen LogP contribution < -0.4 is 5.90 Å². The van der Waals surface area contributed by atoms with Gasteiger partial charge >= 0.3 is 0 Å². The van der Waals surface area contributed by atoms with E-state index in [2.05, 4.69) is 9.82 Å². The Balaban J connectivity index is 2.81. The van der Waals surface area contributed by atoms with Crippen molar-refractivity contribution in [2.24, 2.45) is 5.90 Å². The van der Waals surface area contributed by atoms with Crippen molar-refractivity contribution in [3.05, 3.63) is 17.3 Å². The Hall–Kier alpha value is -0.870. The largest absolute Gasteiger partial charge is 0.443 e. The van der Waals surface area contributed by atoms with Gasteiger partial charge in [-0.2, -0.15) is 0 Å². The van der Waals surface area contributed by atoms with Gasteiger partial charge in [-0.05, 0) is 6.92 Å². The molecule has 1 heterocycles. The fraction of sp³-hybridized carbons (Fsp3) is 0.500. The fourth-order valence-corrected chi connectivity index (χ4v) is 0.783. The highest BCUT2D eigenvalue weighted by Crippen LogP contribution is 2.08. The van der Waals surface area contributed by atoms with Crippen LogP contribution in [0.3, 0.4) is 0 Å². The summed E-state index contributed by atoms with van der Waals surface area (Å²) in [5, 5.41) is 0. The van der Waals surface area contributed by atoms with Gasteiger partial charge in [0.15, 0.2) is 11.7 Å². The fourth-order valence-electron chi connectivity index (χ4n) is 0.783. The van der Waals surface area contributed by atoms with Crippen LogP contribution in [0.25, 0.3) is 0 Å². The second-order valence-electron chi connectivity index (χ2n) is 2.05. The zero-order valence-electron chi connectivity index (χ0n) is 6.05. The normalized spacial score (nSPS) is 10.3. The average molecular weight is 142 g/mol. The SMILES string of the molecule is Cc1nc(C)c(CON)o1. The first kappa shape index (κ1) is 7.24. The van der Waals surface area contributed by atoms with Crippen molar-refractivity contribution < 1.29 is 9.25 Å². The predicted molar refractivity (Wildman–Crippen MR) is 35.0 cm³/mol. The van der Waals surface area contributed by atoms with E-state index in [0.717, 1.165) is 5.69 Å². The minimum atomic E-state index is 0.284. The van der Waals surface area contributed by atoms with Crippen molar-refractivity contribution in [2.75, 3.05) is 0 Å². The summed E-state index contributed by atoms with van der Waals surface area (Å²) in [6.07, 6.45) is 0. The van der Waals surface area contributed by atoms with E-state index < -0.39 is 0 Å². The van der Waals surface area contributed by atoms with Crippen LogP contribution in [0.15, 0.2) is 4.42 Å². The summed E-state index contributed by atoms with van der Waals surface area (Å²) in [4.78, 5) is 8.42. The van der Waals surface area contributed by atoms with E-state index in [1.165, 1.54) is 0 Å². The van der Waals surface area contributed by atoms with E-state index in [1.54, 1.807) is 6.92 Å². The van der Waals surface area contributed by atoms with Crippen molar-refractivity contribution in [1.82, 2.24) is 4.98 Å². The minimum absolute atomic E-state index is 0.284. The lowest BCUT2D eigenvalue weighted by Gasteiger charge is -1.91. The van der Waals surface area contributed by atoms with Gasteiger partial charge in [-0.3, -0.25) is 4.84 Å². The minimum Gasteiger partial charge on any atom is -0.443 e. The molecule has 1 rings (SSSR count). The molecule has 1 aromatic rings. The quantitative estimate of drug-likeness (QED) is 0.617. The summed E-state index contributed by atoms with van der Waals surface area (Å²) >= 11 is 0. The second kappa shape index (κ2) is 2.81. The zero-order valence-corrected chi connectivity index (χ0v) is 6.05. The van der Waals surface area contributed by atoms with Gasteiger partial charge in [0.25, 0.3) is 0 Å². The van der Waals surface area contributed by atoms with Gasteiger partial charge in [-0.15, -0.1) is 0 Å². The maximum absolute atomic E-state index is 5.14. The molecule has 0 saturated carbocycles. The molecule has 0 bridgehead atoms. The van der Waals surface area contributed by atoms with Gasteiger partial charge in [0, 0.05) is 6.92 Å². The third-order valence-electron chi connectivity index (χ3n) is 1.21. The number of aryl methyl sites for hydroxylation is 2. The Labute approximate surface area is 58.9 Å². The number of hydrogen-bond donors (Lipinski definition) is 1. The molecule has 0 unspecified atom stereocenters. The molecule has 0 radical (unpaired) electrons. The summed E-state index contributed by atoms with van der Waals surface area (Å²) in [5.74, 6) is 6.19. The van der Waals surface area contributed by atoms with Crippen molar-refractivity contribution in [3.63, 3.8) is 0 Å². The van der Waals surface area contributed by atoms with E-state index in [0.29, 0.717) is 11.7 Å². The number of aromatic nitrogens is 1. The van der Waals surface area contributed by atoms with Crippen LogP contribution in [0.4, 0.5) is 0 Å². The van der Waals surface area contributed by atoms with E-state index in [-0.39, 0.29) is 6.61 Å². The Morgan fingerprint density at radius 2 is 2.30 bits per heavy atom. The average Bonchev–Trinajstić information content (AvgIpc) is 2.13. The number of rotatable bonds is 2. The van der Waals surface area contributed by atoms with E-state index in [9.17, 15) is 0 Å². The first-order valence-electron chi connectivity index (χ1n) is 2.98. The number of nitrogens with two attached hydrogens (primary N) is 1. The molecular weight excluding hydrogens is 132 g/mol. The molecule has 0 saturated heterocycles. The maximum Gasteiger partial charge on any atom is 0.191 e. The molecule has 0 amide bonds. The van der Waals surface area contributed by atoms with Gasteiger partial charge in [-0.25, -0.2) is 10.9 Å². The molecule has 10 heavy (non-hydrogen) atoms. The molecule has 0 aliphatic rings. The topological polar surface area (TPSA) is 61.3 Å². The van der Waals surface area contributed by atoms with Crippen LogP contribution in [0.2, 0.25) is 0 Å². The first-order chi connectivity index (χ1) is 4.74. The highest BCUT2D eigenvalue weighted by Gasteiger charge is 2.04. The van der Waals surface area contributed by atoms with Crippen LogP contribution in [-0.4, -0.2) is 4.98 Å². The van der Waals surface area contributed by atoms with E-state index in [1.807, 2.05) is 6.92 Å². The third-order valence-corrected chi connectivity index (χ3v) is 1.21. The molecule has 4 heteroatoms. The molecule has 0 aromatic carbocycles. The Kier molecular flexibility index (Phi) is 2.03. The summed E-state index contributed by atoms with van der Waals surface area (Å²) in [5.41, 5.74) is 0.836. The van der Waals surface area contributed by atoms with Gasteiger partial charge in [0.05, 0.1) is 5.69 Å². The highest BCUT2D eigenvalue weighted by molar-refractivity contribution is 5.05. The molecule has 0 atom stereocenters. The Bertz CT molecular complexity index is 220. The summed E-state index contributed by atoms with van der Waals surface area (Å²) in [6, 6.07) is 0. The molecular formula is C6H10N2O2. The first-order valence-corrected chi connectivity index (χ1v) is 2.98. The van der Waals surface area contributed by atoms with Crippen LogP contribution in [0.1, 0.15) is 17.3 Å². The maximum atomic E-state index is 5.14. The molecule has 0 aliphatic carbocycles. The van der Waals surface area contributed by atoms with Gasteiger partial charge in [0.1, 0.15) is 6.61 Å². The number of oxazole rings is 1. The molecule has 4 nitrogen and oxygen atoms in total. The van der Waals surface area contributed by atoms with Crippen molar-refractivity contribution in [2.45, 2.75) is 20.5 Å². The summed E-state index contributed by atoms with van der Waals surface area (Å²) in [6.45, 7) is 3.92. The van der Waals surface area contributed by atoms with E-state index in [4.69, 9.17) is 10.3 Å². The smallest absolute Gasteiger partial charge is 0.191 e. The molecule has 0 spiro atoms. The lowest BCUT2D eigenvalue weighted by atomic mass is 10.4. The third kappa shape index (κ3) is 1.34. The molecule has 0 aliphatic heterocycles. The van der Waals surface area contributed by atoms with Crippen LogP contribution in [0.5, 0.6) is 0 Å². The van der Waals surface area contributed by atoms with Gasteiger partial charge < -0.3 is 4.42 Å². The van der Waals surface area contributed by atoms with Crippen LogP contribution >= 0.6 is 0 Å². The molecule has 56 valence electrons. The monoisotopic (exact) mass is 142 g/mol. The molecule has 2 N–H and O–H groups in total. The Morgan fingerprint density at radius 1 is 1.60 bits per heavy atom.